The van der Waals surface area contributed by atoms with Gasteiger partial charge in [0.15, 0.2) is 0 Å². The molecule has 0 atom stereocenters. The van der Waals surface area contributed by atoms with Crippen molar-refractivity contribution in [3.8, 4) is 0 Å². The zero-order valence-electron chi connectivity index (χ0n) is 12.4. The van der Waals surface area contributed by atoms with Gasteiger partial charge in [0.1, 0.15) is 18.0 Å². The van der Waals surface area contributed by atoms with Crippen LogP contribution in [0, 0.1) is 5.82 Å². The van der Waals surface area contributed by atoms with E-state index in [0.717, 1.165) is 37.4 Å². The van der Waals surface area contributed by atoms with E-state index in [1.54, 1.807) is 18.5 Å². The van der Waals surface area contributed by atoms with Gasteiger partial charge in [-0.15, -0.1) is 0 Å². The minimum Gasteiger partial charge on any atom is -0.364 e. The van der Waals surface area contributed by atoms with Crippen LogP contribution in [0.4, 0.5) is 10.1 Å². The van der Waals surface area contributed by atoms with Gasteiger partial charge in [0, 0.05) is 18.8 Å². The first-order chi connectivity index (χ1) is 10.2. The molecular formula is C15H22FN5. The summed E-state index contributed by atoms with van der Waals surface area (Å²) in [4.78, 5) is 6.49. The topological polar surface area (TPSA) is 60.0 Å². The lowest BCUT2D eigenvalue weighted by molar-refractivity contribution is 0.559. The largest absolute Gasteiger partial charge is 0.364 e. The van der Waals surface area contributed by atoms with Crippen LogP contribution in [0.1, 0.15) is 25.6 Å². The van der Waals surface area contributed by atoms with Crippen LogP contribution in [0.2, 0.25) is 0 Å². The number of nitrogens with zero attached hydrogens (tertiary/aromatic N) is 4. The highest BCUT2D eigenvalue weighted by Crippen LogP contribution is 2.17. The molecule has 5 nitrogen and oxygen atoms in total. The summed E-state index contributed by atoms with van der Waals surface area (Å²) < 4.78 is 15.0. The molecule has 0 aliphatic carbocycles. The van der Waals surface area contributed by atoms with E-state index in [0.29, 0.717) is 13.1 Å². The molecule has 1 heterocycles. The first-order valence-corrected chi connectivity index (χ1v) is 7.32. The Labute approximate surface area is 124 Å². The smallest absolute Gasteiger partial charge is 0.146 e. The Kier molecular flexibility index (Phi) is 5.68. The van der Waals surface area contributed by atoms with Gasteiger partial charge in [0.2, 0.25) is 0 Å². The van der Waals surface area contributed by atoms with Crippen LogP contribution in [0.5, 0.6) is 0 Å². The highest BCUT2D eigenvalue weighted by atomic mass is 19.1. The Morgan fingerprint density at radius 1 is 1.29 bits per heavy atom. The number of hydrogen-bond acceptors (Lipinski definition) is 4. The molecule has 21 heavy (non-hydrogen) atoms. The SMILES string of the molecule is CCCn1ncnc1CN(CCCN)c1ccc(F)cc1. The van der Waals surface area contributed by atoms with Gasteiger partial charge in [-0.05, 0) is 43.7 Å². The summed E-state index contributed by atoms with van der Waals surface area (Å²) in [7, 11) is 0. The van der Waals surface area contributed by atoms with Gasteiger partial charge in [-0.1, -0.05) is 6.92 Å². The summed E-state index contributed by atoms with van der Waals surface area (Å²) in [6, 6.07) is 6.52. The first kappa shape index (κ1) is 15.4. The molecule has 6 heteroatoms. The monoisotopic (exact) mass is 291 g/mol. The Balaban J connectivity index is 2.15. The Hall–Kier alpha value is -1.95. The van der Waals surface area contributed by atoms with Crippen LogP contribution in [-0.2, 0) is 13.1 Å². The molecule has 0 aliphatic heterocycles. The summed E-state index contributed by atoms with van der Waals surface area (Å²) in [6.45, 7) is 5.03. The zero-order valence-corrected chi connectivity index (χ0v) is 12.4. The molecule has 0 aliphatic rings. The van der Waals surface area contributed by atoms with Gasteiger partial charge in [-0.3, -0.25) is 0 Å². The van der Waals surface area contributed by atoms with Crippen molar-refractivity contribution < 1.29 is 4.39 Å². The Morgan fingerprint density at radius 2 is 2.05 bits per heavy atom. The quantitative estimate of drug-likeness (QED) is 0.810. The normalized spacial score (nSPS) is 10.8. The number of rotatable bonds is 8. The van der Waals surface area contributed by atoms with Crippen LogP contribution < -0.4 is 10.6 Å². The second-order valence-electron chi connectivity index (χ2n) is 4.94. The number of nitrogens with two attached hydrogens (primary N) is 1. The van der Waals surface area contributed by atoms with Crippen molar-refractivity contribution in [2.24, 2.45) is 5.73 Å². The molecule has 0 saturated carbocycles. The number of aromatic nitrogens is 3. The maximum atomic E-state index is 13.1. The molecule has 0 bridgehead atoms. The van der Waals surface area contributed by atoms with Gasteiger partial charge in [-0.2, -0.15) is 5.10 Å². The van der Waals surface area contributed by atoms with Gasteiger partial charge in [0.25, 0.3) is 0 Å². The average Bonchev–Trinajstić information content (AvgIpc) is 2.92. The van der Waals surface area contributed by atoms with Crippen molar-refractivity contribution in [2.45, 2.75) is 32.9 Å². The Bertz CT molecular complexity index is 537. The molecule has 0 radical (unpaired) electrons. The molecule has 0 fully saturated rings. The maximum absolute atomic E-state index is 13.1. The van der Waals surface area contributed by atoms with Crippen molar-refractivity contribution in [2.75, 3.05) is 18.0 Å². The van der Waals surface area contributed by atoms with Crippen LogP contribution in [0.25, 0.3) is 0 Å². The molecule has 0 saturated heterocycles. The van der Waals surface area contributed by atoms with Gasteiger partial charge in [-0.25, -0.2) is 14.1 Å². The molecule has 1 aromatic heterocycles. The molecular weight excluding hydrogens is 269 g/mol. The summed E-state index contributed by atoms with van der Waals surface area (Å²) in [5.74, 6) is 0.685. The lowest BCUT2D eigenvalue weighted by Crippen LogP contribution is -2.27. The minimum atomic E-state index is -0.230. The molecule has 1 aromatic carbocycles. The minimum absolute atomic E-state index is 0.230. The highest BCUT2D eigenvalue weighted by molar-refractivity contribution is 5.46. The highest BCUT2D eigenvalue weighted by Gasteiger charge is 2.11. The van der Waals surface area contributed by atoms with E-state index < -0.39 is 0 Å². The van der Waals surface area contributed by atoms with E-state index in [1.807, 2.05) is 4.68 Å². The fourth-order valence-electron chi connectivity index (χ4n) is 2.21. The third kappa shape index (κ3) is 4.26. The second-order valence-corrected chi connectivity index (χ2v) is 4.94. The van der Waals surface area contributed by atoms with Crippen LogP contribution in [0.15, 0.2) is 30.6 Å². The summed E-state index contributed by atoms with van der Waals surface area (Å²) in [5.41, 5.74) is 6.58. The van der Waals surface area contributed by atoms with Gasteiger partial charge < -0.3 is 10.6 Å². The van der Waals surface area contributed by atoms with Gasteiger partial charge in [0.05, 0.1) is 6.54 Å². The maximum Gasteiger partial charge on any atom is 0.146 e. The molecule has 0 amide bonds. The molecule has 0 spiro atoms. The summed E-state index contributed by atoms with van der Waals surface area (Å²) >= 11 is 0. The zero-order chi connectivity index (χ0) is 15.1. The fourth-order valence-corrected chi connectivity index (χ4v) is 2.21. The van der Waals surface area contributed by atoms with Crippen LogP contribution in [-0.4, -0.2) is 27.9 Å². The number of anilines is 1. The van der Waals surface area contributed by atoms with Gasteiger partial charge >= 0.3 is 0 Å². The van der Waals surface area contributed by atoms with E-state index in [4.69, 9.17) is 5.73 Å². The molecule has 2 rings (SSSR count). The van der Waals surface area contributed by atoms with E-state index in [9.17, 15) is 4.39 Å². The fraction of sp³-hybridized carbons (Fsp3) is 0.467. The van der Waals surface area contributed by atoms with E-state index >= 15 is 0 Å². The summed E-state index contributed by atoms with van der Waals surface area (Å²) in [6.07, 6.45) is 3.46. The lowest BCUT2D eigenvalue weighted by atomic mass is 10.2. The van der Waals surface area contributed by atoms with E-state index in [-0.39, 0.29) is 5.82 Å². The predicted molar refractivity (Wildman–Crippen MR) is 81.4 cm³/mol. The summed E-state index contributed by atoms with van der Waals surface area (Å²) in [5, 5.41) is 4.24. The van der Waals surface area contributed by atoms with Crippen molar-refractivity contribution in [3.63, 3.8) is 0 Å². The lowest BCUT2D eigenvalue weighted by Gasteiger charge is -2.24. The predicted octanol–water partition coefficient (Wildman–Crippen LogP) is 2.18. The number of halogens is 1. The van der Waals surface area contributed by atoms with Crippen molar-refractivity contribution >= 4 is 5.69 Å². The molecule has 2 aromatic rings. The van der Waals surface area contributed by atoms with Crippen molar-refractivity contribution in [1.82, 2.24) is 14.8 Å². The average molecular weight is 291 g/mol. The van der Waals surface area contributed by atoms with E-state index in [2.05, 4.69) is 21.9 Å². The number of benzene rings is 1. The van der Waals surface area contributed by atoms with E-state index in [1.165, 1.54) is 12.1 Å². The van der Waals surface area contributed by atoms with Crippen LogP contribution in [0.3, 0.4) is 0 Å². The molecule has 0 unspecified atom stereocenters. The standard InChI is InChI=1S/C15H22FN5/c1-2-9-21-15(18-12-19-21)11-20(10-3-8-17)14-6-4-13(16)5-7-14/h4-7,12H,2-3,8-11,17H2,1H3. The second kappa shape index (κ2) is 7.73. The number of aryl methyl sites for hydroxylation is 1. The van der Waals surface area contributed by atoms with Crippen molar-refractivity contribution in [1.29, 1.82) is 0 Å². The van der Waals surface area contributed by atoms with Crippen molar-refractivity contribution in [3.05, 3.63) is 42.2 Å². The Morgan fingerprint density at radius 3 is 2.71 bits per heavy atom. The third-order valence-electron chi connectivity index (χ3n) is 3.29. The number of hydrogen-bond donors (Lipinski definition) is 1. The molecule has 2 N–H and O–H groups in total. The molecule has 114 valence electrons. The third-order valence-corrected chi connectivity index (χ3v) is 3.29. The van der Waals surface area contributed by atoms with Crippen LogP contribution >= 0.6 is 0 Å². The first-order valence-electron chi connectivity index (χ1n) is 7.32.